The highest BCUT2D eigenvalue weighted by Crippen LogP contribution is 2.31. The number of rotatable bonds is 10. The van der Waals surface area contributed by atoms with Gasteiger partial charge in [-0.1, -0.05) is 64.3 Å². The Labute approximate surface area is 157 Å². The molecule has 0 bridgehead atoms. The van der Waals surface area contributed by atoms with Crippen LogP contribution < -0.4 is 0 Å². The molecule has 2 aromatic rings. The Morgan fingerprint density at radius 2 is 1.92 bits per heavy atom. The Morgan fingerprint density at radius 3 is 2.65 bits per heavy atom. The van der Waals surface area contributed by atoms with E-state index in [2.05, 4.69) is 44.0 Å². The molecule has 1 aromatic carbocycles. The number of fused-ring (bicyclic) bond motifs is 1. The maximum absolute atomic E-state index is 12.0. The first-order valence-electron chi connectivity index (χ1n) is 9.86. The van der Waals surface area contributed by atoms with Crippen LogP contribution in [0, 0.1) is 0 Å². The summed E-state index contributed by atoms with van der Waals surface area (Å²) in [6.45, 7) is 6.96. The molecule has 1 aromatic heterocycles. The van der Waals surface area contributed by atoms with Gasteiger partial charge in [0, 0.05) is 28.2 Å². The molecule has 0 aliphatic heterocycles. The van der Waals surface area contributed by atoms with Gasteiger partial charge in [-0.3, -0.25) is 0 Å². The van der Waals surface area contributed by atoms with Crippen LogP contribution >= 0.6 is 0 Å². The molecule has 0 spiro atoms. The van der Waals surface area contributed by atoms with Gasteiger partial charge in [-0.05, 0) is 37.0 Å². The van der Waals surface area contributed by atoms with Crippen molar-refractivity contribution in [2.24, 2.45) is 0 Å². The number of aromatic nitrogens is 1. The van der Waals surface area contributed by atoms with Gasteiger partial charge in [-0.25, -0.2) is 4.79 Å². The number of nitrogens with one attached hydrogen (secondary N) is 1. The zero-order chi connectivity index (χ0) is 18.8. The molecule has 0 fully saturated rings. The fourth-order valence-electron chi connectivity index (χ4n) is 3.02. The van der Waals surface area contributed by atoms with Crippen LogP contribution in [0.25, 0.3) is 22.6 Å². The Balaban J connectivity index is 2.37. The van der Waals surface area contributed by atoms with Crippen molar-refractivity contribution in [3.05, 3.63) is 47.7 Å². The third-order valence-corrected chi connectivity index (χ3v) is 4.39. The predicted molar refractivity (Wildman–Crippen MR) is 111 cm³/mol. The molecule has 3 heteroatoms. The van der Waals surface area contributed by atoms with Gasteiger partial charge in [-0.15, -0.1) is 0 Å². The molecular formula is C23H31NO2. The monoisotopic (exact) mass is 353 g/mol. The van der Waals surface area contributed by atoms with E-state index < -0.39 is 0 Å². The number of unbranched alkanes of at least 4 members (excludes halogenated alkanes) is 2. The van der Waals surface area contributed by atoms with E-state index in [4.69, 9.17) is 4.74 Å². The summed E-state index contributed by atoms with van der Waals surface area (Å²) in [5, 5.41) is 1.14. The van der Waals surface area contributed by atoms with Crippen molar-refractivity contribution in [3.8, 4) is 0 Å². The molecule has 1 N–H and O–H groups in total. The largest absolute Gasteiger partial charge is 0.463 e. The first-order chi connectivity index (χ1) is 12.7. The number of benzene rings is 1. The van der Waals surface area contributed by atoms with Gasteiger partial charge in [-0.2, -0.15) is 0 Å². The van der Waals surface area contributed by atoms with Crippen molar-refractivity contribution in [1.29, 1.82) is 0 Å². The zero-order valence-corrected chi connectivity index (χ0v) is 16.3. The molecule has 0 aliphatic carbocycles. The number of carbonyl (C=O) groups is 1. The molecule has 26 heavy (non-hydrogen) atoms. The summed E-state index contributed by atoms with van der Waals surface area (Å²) in [5.41, 5.74) is 4.62. The van der Waals surface area contributed by atoms with Gasteiger partial charge in [0.15, 0.2) is 0 Å². The highest BCUT2D eigenvalue weighted by atomic mass is 16.5. The summed E-state index contributed by atoms with van der Waals surface area (Å²) in [6.07, 6.45) is 12.0. The van der Waals surface area contributed by atoms with Crippen LogP contribution in [0.5, 0.6) is 0 Å². The lowest BCUT2D eigenvalue weighted by molar-refractivity contribution is -0.137. The molecule has 140 valence electrons. The number of allylic oxidation sites excluding steroid dienone is 2. The minimum absolute atomic E-state index is 0.274. The van der Waals surface area contributed by atoms with Gasteiger partial charge < -0.3 is 9.72 Å². The number of hydrogen-bond acceptors (Lipinski definition) is 2. The number of aromatic amines is 1. The summed E-state index contributed by atoms with van der Waals surface area (Å²) in [4.78, 5) is 15.6. The molecule has 1 heterocycles. The highest BCUT2D eigenvalue weighted by molar-refractivity contribution is 5.98. The first-order valence-corrected chi connectivity index (χ1v) is 9.86. The van der Waals surface area contributed by atoms with Crippen molar-refractivity contribution in [1.82, 2.24) is 4.98 Å². The Kier molecular flexibility index (Phi) is 8.20. The second-order valence-electron chi connectivity index (χ2n) is 6.58. The third kappa shape index (κ3) is 5.35. The number of para-hydroxylation sites is 1. The van der Waals surface area contributed by atoms with Crippen LogP contribution in [-0.2, 0) is 9.53 Å². The maximum Gasteiger partial charge on any atom is 0.330 e. The molecule has 0 amide bonds. The standard InChI is InChI=1S/C23H31NO2/c1-4-7-12-18(11-6-3)23-20(15-16-22(25)26-17-8-5-2)19-13-9-10-14-21(19)24-23/h9-10,12-16,24H,4-8,11,17H2,1-3H3/b16-15+,18-12+. The van der Waals surface area contributed by atoms with Crippen molar-refractivity contribution in [2.75, 3.05) is 6.61 Å². The van der Waals surface area contributed by atoms with E-state index in [-0.39, 0.29) is 5.97 Å². The molecule has 0 aliphatic rings. The van der Waals surface area contributed by atoms with E-state index in [0.717, 1.165) is 60.7 Å². The predicted octanol–water partition coefficient (Wildman–Crippen LogP) is 6.51. The summed E-state index contributed by atoms with van der Waals surface area (Å²) < 4.78 is 5.25. The van der Waals surface area contributed by atoms with Gasteiger partial charge in [0.05, 0.1) is 6.61 Å². The van der Waals surface area contributed by atoms with E-state index in [1.807, 2.05) is 18.2 Å². The van der Waals surface area contributed by atoms with Gasteiger partial charge >= 0.3 is 5.97 Å². The van der Waals surface area contributed by atoms with Gasteiger partial charge in [0.1, 0.15) is 0 Å². The van der Waals surface area contributed by atoms with E-state index in [1.54, 1.807) is 6.08 Å². The van der Waals surface area contributed by atoms with Gasteiger partial charge in [0.25, 0.3) is 0 Å². The minimum atomic E-state index is -0.274. The van der Waals surface area contributed by atoms with Gasteiger partial charge in [0.2, 0.25) is 0 Å². The SMILES string of the molecule is CCC/C=C(\CCC)c1[nH]c2ccccc2c1/C=C/C(=O)OCCCC. The van der Waals surface area contributed by atoms with Crippen molar-refractivity contribution in [3.63, 3.8) is 0 Å². The molecule has 0 saturated heterocycles. The molecule has 0 atom stereocenters. The van der Waals surface area contributed by atoms with E-state index >= 15 is 0 Å². The Hall–Kier alpha value is -2.29. The Morgan fingerprint density at radius 1 is 1.12 bits per heavy atom. The van der Waals surface area contributed by atoms with Crippen molar-refractivity contribution in [2.45, 2.75) is 59.3 Å². The molecule has 0 saturated carbocycles. The lowest BCUT2D eigenvalue weighted by Crippen LogP contribution is -2.01. The smallest absolute Gasteiger partial charge is 0.330 e. The second-order valence-corrected chi connectivity index (χ2v) is 6.58. The summed E-state index contributed by atoms with van der Waals surface area (Å²) in [7, 11) is 0. The summed E-state index contributed by atoms with van der Waals surface area (Å²) >= 11 is 0. The fourth-order valence-corrected chi connectivity index (χ4v) is 3.02. The van der Waals surface area contributed by atoms with Crippen LogP contribution in [0.15, 0.2) is 36.4 Å². The van der Waals surface area contributed by atoms with E-state index in [1.165, 1.54) is 5.57 Å². The summed E-state index contributed by atoms with van der Waals surface area (Å²) in [5.74, 6) is -0.274. The lowest BCUT2D eigenvalue weighted by Gasteiger charge is -2.07. The number of H-pyrrole nitrogens is 1. The van der Waals surface area contributed by atoms with E-state index in [9.17, 15) is 4.79 Å². The zero-order valence-electron chi connectivity index (χ0n) is 16.3. The fraction of sp³-hybridized carbons (Fsp3) is 0.435. The van der Waals surface area contributed by atoms with E-state index in [0.29, 0.717) is 6.61 Å². The average molecular weight is 354 g/mol. The van der Waals surface area contributed by atoms with Crippen LogP contribution in [0.1, 0.15) is 70.6 Å². The summed E-state index contributed by atoms with van der Waals surface area (Å²) in [6, 6.07) is 8.25. The first kappa shape index (κ1) is 20.0. The quantitative estimate of drug-likeness (QED) is 0.300. The number of ether oxygens (including phenoxy) is 1. The third-order valence-electron chi connectivity index (χ3n) is 4.39. The van der Waals surface area contributed by atoms with Crippen LogP contribution in [0.3, 0.4) is 0 Å². The van der Waals surface area contributed by atoms with Crippen LogP contribution in [0.4, 0.5) is 0 Å². The number of carbonyl (C=O) groups excluding carboxylic acids is 1. The molecule has 0 unspecified atom stereocenters. The number of hydrogen-bond donors (Lipinski definition) is 1. The second kappa shape index (κ2) is 10.6. The maximum atomic E-state index is 12.0. The average Bonchev–Trinajstić information content (AvgIpc) is 3.02. The normalized spacial score (nSPS) is 12.2. The highest BCUT2D eigenvalue weighted by Gasteiger charge is 2.13. The lowest BCUT2D eigenvalue weighted by atomic mass is 10.00. The molecule has 2 rings (SSSR count). The van der Waals surface area contributed by atoms with Crippen LogP contribution in [-0.4, -0.2) is 17.6 Å². The molecule has 3 nitrogen and oxygen atoms in total. The van der Waals surface area contributed by atoms with Crippen LogP contribution in [0.2, 0.25) is 0 Å². The number of esters is 1. The van der Waals surface area contributed by atoms with Crippen molar-refractivity contribution < 1.29 is 9.53 Å². The molecular weight excluding hydrogens is 322 g/mol. The Bertz CT molecular complexity index is 768. The minimum Gasteiger partial charge on any atom is -0.463 e. The molecule has 0 radical (unpaired) electrons. The topological polar surface area (TPSA) is 42.1 Å². The van der Waals surface area contributed by atoms with Crippen molar-refractivity contribution >= 4 is 28.5 Å².